The van der Waals surface area contributed by atoms with Crippen LogP contribution in [0, 0.1) is 6.92 Å². The van der Waals surface area contributed by atoms with Gasteiger partial charge < -0.3 is 19.7 Å². The first-order valence-corrected chi connectivity index (χ1v) is 8.86. The average molecular weight is 340 g/mol. The van der Waals surface area contributed by atoms with Crippen LogP contribution in [-0.2, 0) is 28.3 Å². The van der Waals surface area contributed by atoms with Gasteiger partial charge in [-0.1, -0.05) is 42.0 Å². The third-order valence-electron chi connectivity index (χ3n) is 5.17. The Balaban J connectivity index is 1.64. The zero-order chi connectivity index (χ0) is 17.4. The first-order valence-electron chi connectivity index (χ1n) is 8.86. The topological polar surface area (TPSA) is 58.9 Å². The Morgan fingerprint density at radius 1 is 1.12 bits per heavy atom. The summed E-state index contributed by atoms with van der Waals surface area (Å²) in [5.74, 6) is -0.927. The van der Waals surface area contributed by atoms with Crippen molar-refractivity contribution in [1.82, 2.24) is 0 Å². The van der Waals surface area contributed by atoms with E-state index in [0.717, 1.165) is 17.5 Å². The van der Waals surface area contributed by atoms with Crippen LogP contribution in [0.3, 0.4) is 0 Å². The molecule has 0 aliphatic carbocycles. The zero-order valence-electron chi connectivity index (χ0n) is 14.4. The van der Waals surface area contributed by atoms with Crippen LogP contribution in [0.15, 0.2) is 42.5 Å². The van der Waals surface area contributed by atoms with Gasteiger partial charge in [-0.25, -0.2) is 0 Å². The van der Waals surface area contributed by atoms with Crippen molar-refractivity contribution >= 4 is 0 Å². The molecule has 4 rings (SSSR count). The SMILES string of the molecule is Cc1ccc(Cc2ccc3c(c2)[C@]2(CC(O)CC(CO)O2)OC3)cc1. The quantitative estimate of drug-likeness (QED) is 0.902. The van der Waals surface area contributed by atoms with Gasteiger partial charge in [-0.05, 0) is 36.1 Å². The lowest BCUT2D eigenvalue weighted by molar-refractivity contribution is -0.302. The van der Waals surface area contributed by atoms with Gasteiger partial charge in [0.05, 0.1) is 25.4 Å². The lowest BCUT2D eigenvalue weighted by Gasteiger charge is -2.40. The molecule has 3 atom stereocenters. The van der Waals surface area contributed by atoms with Crippen LogP contribution < -0.4 is 0 Å². The molecule has 2 unspecified atom stereocenters. The number of hydrogen-bond acceptors (Lipinski definition) is 4. The van der Waals surface area contributed by atoms with Gasteiger partial charge in [-0.2, -0.15) is 0 Å². The summed E-state index contributed by atoms with van der Waals surface area (Å²) in [4.78, 5) is 0. The minimum Gasteiger partial charge on any atom is -0.394 e. The second-order valence-electron chi connectivity index (χ2n) is 7.21. The Bertz CT molecular complexity index is 755. The molecule has 2 aromatic carbocycles. The maximum absolute atomic E-state index is 10.2. The summed E-state index contributed by atoms with van der Waals surface area (Å²) in [5.41, 5.74) is 5.80. The van der Waals surface area contributed by atoms with E-state index in [9.17, 15) is 10.2 Å². The Morgan fingerprint density at radius 3 is 2.64 bits per heavy atom. The van der Waals surface area contributed by atoms with Crippen molar-refractivity contribution < 1.29 is 19.7 Å². The van der Waals surface area contributed by atoms with Gasteiger partial charge in [0.25, 0.3) is 0 Å². The van der Waals surface area contributed by atoms with Crippen molar-refractivity contribution in [3.05, 3.63) is 70.3 Å². The van der Waals surface area contributed by atoms with Gasteiger partial charge in [0, 0.05) is 18.4 Å². The van der Waals surface area contributed by atoms with Gasteiger partial charge in [0.2, 0.25) is 0 Å². The lowest BCUT2D eigenvalue weighted by atomic mass is 9.90. The number of aliphatic hydroxyl groups excluding tert-OH is 2. The monoisotopic (exact) mass is 340 g/mol. The second-order valence-corrected chi connectivity index (χ2v) is 7.21. The van der Waals surface area contributed by atoms with E-state index in [1.165, 1.54) is 16.7 Å². The minimum absolute atomic E-state index is 0.111. The maximum Gasteiger partial charge on any atom is 0.198 e. The third kappa shape index (κ3) is 3.23. The number of aliphatic hydroxyl groups is 2. The molecule has 1 fully saturated rings. The van der Waals surface area contributed by atoms with Gasteiger partial charge >= 0.3 is 0 Å². The minimum atomic E-state index is -0.927. The molecule has 2 aliphatic heterocycles. The first kappa shape index (κ1) is 16.7. The molecule has 0 amide bonds. The summed E-state index contributed by atoms with van der Waals surface area (Å²) in [5, 5.41) is 19.7. The molecule has 0 aromatic heterocycles. The van der Waals surface area contributed by atoms with E-state index in [1.807, 2.05) is 0 Å². The molecular formula is C21H24O4. The summed E-state index contributed by atoms with van der Waals surface area (Å²) >= 11 is 0. The Labute approximate surface area is 148 Å². The summed E-state index contributed by atoms with van der Waals surface area (Å²) < 4.78 is 12.1. The van der Waals surface area contributed by atoms with Crippen LogP contribution in [0.2, 0.25) is 0 Å². The fourth-order valence-electron chi connectivity index (χ4n) is 3.87. The summed E-state index contributed by atoms with van der Waals surface area (Å²) in [6.45, 7) is 2.45. The first-order chi connectivity index (χ1) is 12.1. The smallest absolute Gasteiger partial charge is 0.198 e. The average Bonchev–Trinajstić information content (AvgIpc) is 2.94. The molecule has 132 valence electrons. The summed E-state index contributed by atoms with van der Waals surface area (Å²) in [7, 11) is 0. The second kappa shape index (κ2) is 6.54. The van der Waals surface area contributed by atoms with E-state index in [0.29, 0.717) is 19.4 Å². The highest BCUT2D eigenvalue weighted by Gasteiger charge is 2.48. The van der Waals surface area contributed by atoms with Crippen LogP contribution in [0.4, 0.5) is 0 Å². The molecule has 1 saturated heterocycles. The standard InChI is InChI=1S/C21H24O4/c1-14-2-4-15(5-3-14)8-16-6-7-17-13-24-21(20(17)9-16)11-18(23)10-19(12-22)25-21/h2-7,9,18-19,22-23H,8,10-13H2,1H3/t18?,19?,21-/m1/s1. The van der Waals surface area contributed by atoms with E-state index in [2.05, 4.69) is 49.4 Å². The molecule has 2 heterocycles. The fourth-order valence-corrected chi connectivity index (χ4v) is 3.87. The maximum atomic E-state index is 10.2. The van der Waals surface area contributed by atoms with Gasteiger partial charge in [-0.3, -0.25) is 0 Å². The van der Waals surface area contributed by atoms with Gasteiger partial charge in [-0.15, -0.1) is 0 Å². The lowest BCUT2D eigenvalue weighted by Crippen LogP contribution is -2.45. The highest BCUT2D eigenvalue weighted by atomic mass is 16.7. The molecule has 0 bridgehead atoms. The van der Waals surface area contributed by atoms with Crippen molar-refractivity contribution in [1.29, 1.82) is 0 Å². The number of benzene rings is 2. The highest BCUT2D eigenvalue weighted by Crippen LogP contribution is 2.45. The van der Waals surface area contributed by atoms with E-state index in [4.69, 9.17) is 9.47 Å². The zero-order valence-corrected chi connectivity index (χ0v) is 14.4. The van der Waals surface area contributed by atoms with Crippen molar-refractivity contribution in [3.63, 3.8) is 0 Å². The van der Waals surface area contributed by atoms with Crippen LogP contribution >= 0.6 is 0 Å². The largest absolute Gasteiger partial charge is 0.394 e. The van der Waals surface area contributed by atoms with Gasteiger partial charge in [0.15, 0.2) is 5.79 Å². The predicted molar refractivity (Wildman–Crippen MR) is 94.1 cm³/mol. The van der Waals surface area contributed by atoms with Crippen molar-refractivity contribution in [2.45, 2.75) is 50.8 Å². The molecule has 2 aliphatic rings. The molecular weight excluding hydrogens is 316 g/mol. The molecule has 2 N–H and O–H groups in total. The molecule has 4 nitrogen and oxygen atoms in total. The van der Waals surface area contributed by atoms with Crippen LogP contribution in [0.1, 0.15) is 40.7 Å². The molecule has 2 aromatic rings. The fraction of sp³-hybridized carbons (Fsp3) is 0.429. The van der Waals surface area contributed by atoms with E-state index in [-0.39, 0.29) is 6.61 Å². The van der Waals surface area contributed by atoms with Crippen LogP contribution in [0.25, 0.3) is 0 Å². The third-order valence-corrected chi connectivity index (χ3v) is 5.17. The van der Waals surface area contributed by atoms with E-state index in [1.54, 1.807) is 0 Å². The molecule has 0 saturated carbocycles. The van der Waals surface area contributed by atoms with Crippen molar-refractivity contribution in [2.24, 2.45) is 0 Å². The van der Waals surface area contributed by atoms with Crippen LogP contribution in [-0.4, -0.2) is 29.0 Å². The van der Waals surface area contributed by atoms with Crippen molar-refractivity contribution in [2.75, 3.05) is 6.61 Å². The van der Waals surface area contributed by atoms with E-state index >= 15 is 0 Å². The Morgan fingerprint density at radius 2 is 1.88 bits per heavy atom. The normalized spacial score (nSPS) is 28.3. The molecule has 0 radical (unpaired) electrons. The number of aryl methyl sites for hydroxylation is 1. The number of fused-ring (bicyclic) bond motifs is 2. The van der Waals surface area contributed by atoms with E-state index < -0.39 is 18.0 Å². The van der Waals surface area contributed by atoms with Gasteiger partial charge in [0.1, 0.15) is 0 Å². The predicted octanol–water partition coefficient (Wildman–Crippen LogP) is 2.80. The Kier molecular flexibility index (Phi) is 4.38. The van der Waals surface area contributed by atoms with Crippen LogP contribution in [0.5, 0.6) is 0 Å². The Hall–Kier alpha value is -1.72. The number of rotatable bonds is 3. The highest BCUT2D eigenvalue weighted by molar-refractivity contribution is 5.40. The molecule has 25 heavy (non-hydrogen) atoms. The summed E-state index contributed by atoms with van der Waals surface area (Å²) in [6, 6.07) is 14.9. The van der Waals surface area contributed by atoms with Crippen molar-refractivity contribution in [3.8, 4) is 0 Å². The number of ether oxygens (including phenoxy) is 2. The summed E-state index contributed by atoms with van der Waals surface area (Å²) in [6.07, 6.45) is 0.771. The number of hydrogen-bond donors (Lipinski definition) is 2. The molecule has 4 heteroatoms. The molecule has 1 spiro atoms.